The fourth-order valence-electron chi connectivity index (χ4n) is 3.34. The minimum Gasteiger partial charge on any atom is -0.336 e. The molecule has 2 aromatic carbocycles. The van der Waals surface area contributed by atoms with Gasteiger partial charge in [0.2, 0.25) is 0 Å². The van der Waals surface area contributed by atoms with E-state index in [1.807, 2.05) is 47.4 Å². The van der Waals surface area contributed by atoms with Crippen molar-refractivity contribution >= 4 is 16.8 Å². The van der Waals surface area contributed by atoms with Crippen LogP contribution in [0.5, 0.6) is 0 Å². The molecule has 1 aromatic heterocycles. The molecule has 1 aliphatic heterocycles. The summed E-state index contributed by atoms with van der Waals surface area (Å²) >= 11 is 0. The SMILES string of the molecule is O=C(c1ccccc1)N1CCN(CCn2nnc3ccccc3c2=O)CC1. The van der Waals surface area contributed by atoms with Gasteiger partial charge in [-0.2, -0.15) is 0 Å². The summed E-state index contributed by atoms with van der Waals surface area (Å²) in [5.74, 6) is 0.0758. The van der Waals surface area contributed by atoms with Crippen molar-refractivity contribution in [3.8, 4) is 0 Å². The van der Waals surface area contributed by atoms with Gasteiger partial charge in [-0.25, -0.2) is 4.68 Å². The van der Waals surface area contributed by atoms with E-state index in [-0.39, 0.29) is 11.5 Å². The van der Waals surface area contributed by atoms with Crippen molar-refractivity contribution in [2.45, 2.75) is 6.54 Å². The number of amides is 1. The number of carbonyl (C=O) groups excluding carboxylic acids is 1. The highest BCUT2D eigenvalue weighted by molar-refractivity contribution is 5.94. The molecule has 1 fully saturated rings. The largest absolute Gasteiger partial charge is 0.336 e. The molecule has 1 saturated heterocycles. The molecule has 4 rings (SSSR count). The minimum atomic E-state index is -0.113. The predicted octanol–water partition coefficient (Wildman–Crippen LogP) is 1.25. The van der Waals surface area contributed by atoms with Crippen LogP contribution in [0.2, 0.25) is 0 Å². The number of hydrogen-bond acceptors (Lipinski definition) is 5. The summed E-state index contributed by atoms with van der Waals surface area (Å²) in [5, 5.41) is 8.74. The van der Waals surface area contributed by atoms with Crippen LogP contribution in [0.3, 0.4) is 0 Å². The first-order chi connectivity index (χ1) is 13.2. The molecule has 0 radical (unpaired) electrons. The molecule has 7 heteroatoms. The van der Waals surface area contributed by atoms with Crippen molar-refractivity contribution in [1.29, 1.82) is 0 Å². The highest BCUT2D eigenvalue weighted by atomic mass is 16.2. The summed E-state index contributed by atoms with van der Waals surface area (Å²) in [6.07, 6.45) is 0. The van der Waals surface area contributed by atoms with Crippen LogP contribution in [-0.4, -0.2) is 63.4 Å². The fourth-order valence-corrected chi connectivity index (χ4v) is 3.34. The second kappa shape index (κ2) is 7.67. The molecule has 0 aliphatic carbocycles. The number of hydrogen-bond donors (Lipinski definition) is 0. The summed E-state index contributed by atoms with van der Waals surface area (Å²) in [7, 11) is 0. The lowest BCUT2D eigenvalue weighted by molar-refractivity contribution is 0.0631. The first-order valence-electron chi connectivity index (χ1n) is 9.11. The minimum absolute atomic E-state index is 0.0758. The molecule has 7 nitrogen and oxygen atoms in total. The van der Waals surface area contributed by atoms with E-state index in [1.54, 1.807) is 12.1 Å². The monoisotopic (exact) mass is 363 g/mol. The van der Waals surface area contributed by atoms with Gasteiger partial charge >= 0.3 is 0 Å². The molecule has 1 aliphatic rings. The van der Waals surface area contributed by atoms with E-state index in [4.69, 9.17) is 0 Å². The number of fused-ring (bicyclic) bond motifs is 1. The van der Waals surface area contributed by atoms with Gasteiger partial charge in [-0.05, 0) is 24.3 Å². The first kappa shape index (κ1) is 17.4. The van der Waals surface area contributed by atoms with Crippen molar-refractivity contribution in [3.63, 3.8) is 0 Å². The van der Waals surface area contributed by atoms with Gasteiger partial charge < -0.3 is 4.90 Å². The smallest absolute Gasteiger partial charge is 0.277 e. The van der Waals surface area contributed by atoms with E-state index >= 15 is 0 Å². The zero-order valence-corrected chi connectivity index (χ0v) is 15.0. The Morgan fingerprint density at radius 3 is 2.37 bits per heavy atom. The molecule has 0 unspecified atom stereocenters. The van der Waals surface area contributed by atoms with E-state index in [1.165, 1.54) is 4.68 Å². The van der Waals surface area contributed by atoms with Gasteiger partial charge in [-0.3, -0.25) is 14.5 Å². The summed E-state index contributed by atoms with van der Waals surface area (Å²) in [6.45, 7) is 4.14. The molecule has 0 atom stereocenters. The molecule has 138 valence electrons. The topological polar surface area (TPSA) is 71.3 Å². The number of carbonyl (C=O) groups is 1. The number of benzene rings is 2. The molecule has 3 aromatic rings. The van der Waals surface area contributed by atoms with Crippen LogP contribution in [0.1, 0.15) is 10.4 Å². The summed E-state index contributed by atoms with van der Waals surface area (Å²) < 4.78 is 1.42. The van der Waals surface area contributed by atoms with E-state index in [2.05, 4.69) is 15.2 Å². The Bertz CT molecular complexity index is 994. The van der Waals surface area contributed by atoms with Gasteiger partial charge in [-0.1, -0.05) is 35.5 Å². The van der Waals surface area contributed by atoms with Gasteiger partial charge in [0.1, 0.15) is 5.52 Å². The normalized spacial score (nSPS) is 15.2. The highest BCUT2D eigenvalue weighted by Gasteiger charge is 2.22. The zero-order chi connectivity index (χ0) is 18.6. The molecular weight excluding hydrogens is 342 g/mol. The maximum absolute atomic E-state index is 12.5. The summed E-state index contributed by atoms with van der Waals surface area (Å²) in [5.41, 5.74) is 1.23. The molecule has 0 N–H and O–H groups in total. The third-order valence-corrected chi connectivity index (χ3v) is 4.94. The van der Waals surface area contributed by atoms with E-state index in [0.29, 0.717) is 37.1 Å². The Morgan fingerprint density at radius 2 is 1.59 bits per heavy atom. The highest BCUT2D eigenvalue weighted by Crippen LogP contribution is 2.09. The number of nitrogens with zero attached hydrogens (tertiary/aromatic N) is 5. The quantitative estimate of drug-likeness (QED) is 0.698. The van der Waals surface area contributed by atoms with E-state index < -0.39 is 0 Å². The molecule has 0 spiro atoms. The number of rotatable bonds is 4. The molecule has 1 amide bonds. The molecule has 0 saturated carbocycles. The third kappa shape index (κ3) is 3.73. The lowest BCUT2D eigenvalue weighted by Crippen LogP contribution is -2.49. The molecule has 27 heavy (non-hydrogen) atoms. The van der Waals surface area contributed by atoms with E-state index in [0.717, 1.165) is 18.7 Å². The van der Waals surface area contributed by atoms with Crippen molar-refractivity contribution < 1.29 is 4.79 Å². The fraction of sp³-hybridized carbons (Fsp3) is 0.300. The van der Waals surface area contributed by atoms with E-state index in [9.17, 15) is 9.59 Å². The lowest BCUT2D eigenvalue weighted by Gasteiger charge is -2.34. The Kier molecular flexibility index (Phi) is 4.93. The summed E-state index contributed by atoms with van der Waals surface area (Å²) in [6, 6.07) is 16.6. The zero-order valence-electron chi connectivity index (χ0n) is 15.0. The van der Waals surface area contributed by atoms with Crippen LogP contribution in [-0.2, 0) is 6.54 Å². The number of piperazine rings is 1. The standard InChI is InChI=1S/C20H21N5O2/c26-19(16-6-2-1-3-7-16)24-13-10-23(11-14-24)12-15-25-20(27)17-8-4-5-9-18(17)21-22-25/h1-9H,10-15H2. The van der Waals surface area contributed by atoms with Crippen LogP contribution in [0, 0.1) is 0 Å². The predicted molar refractivity (Wildman–Crippen MR) is 103 cm³/mol. The van der Waals surface area contributed by atoms with Crippen molar-refractivity contribution in [2.75, 3.05) is 32.7 Å². The van der Waals surface area contributed by atoms with Gasteiger partial charge in [-0.15, -0.1) is 5.10 Å². The Balaban J connectivity index is 1.34. The van der Waals surface area contributed by atoms with Crippen LogP contribution >= 0.6 is 0 Å². The maximum atomic E-state index is 12.5. The van der Waals surface area contributed by atoms with Crippen LogP contribution in [0.4, 0.5) is 0 Å². The van der Waals surface area contributed by atoms with Crippen molar-refractivity contribution in [3.05, 3.63) is 70.5 Å². The van der Waals surface area contributed by atoms with Gasteiger partial charge in [0.25, 0.3) is 11.5 Å². The van der Waals surface area contributed by atoms with Crippen LogP contribution < -0.4 is 5.56 Å². The number of aromatic nitrogens is 3. The van der Waals surface area contributed by atoms with Crippen LogP contribution in [0.25, 0.3) is 10.9 Å². The molecular formula is C20H21N5O2. The average molecular weight is 363 g/mol. The molecule has 0 bridgehead atoms. The molecule has 2 heterocycles. The van der Waals surface area contributed by atoms with Crippen molar-refractivity contribution in [1.82, 2.24) is 24.8 Å². The Morgan fingerprint density at radius 1 is 0.889 bits per heavy atom. The van der Waals surface area contributed by atoms with Gasteiger partial charge in [0.15, 0.2) is 0 Å². The third-order valence-electron chi connectivity index (χ3n) is 4.94. The van der Waals surface area contributed by atoms with Gasteiger partial charge in [0.05, 0.1) is 11.9 Å². The average Bonchev–Trinajstić information content (AvgIpc) is 2.74. The second-order valence-electron chi connectivity index (χ2n) is 6.63. The maximum Gasteiger partial charge on any atom is 0.277 e. The van der Waals surface area contributed by atoms with Gasteiger partial charge in [0, 0.05) is 38.3 Å². The first-order valence-corrected chi connectivity index (χ1v) is 9.11. The second-order valence-corrected chi connectivity index (χ2v) is 6.63. The Labute approximate surface area is 156 Å². The lowest BCUT2D eigenvalue weighted by atomic mass is 10.2. The van der Waals surface area contributed by atoms with Crippen molar-refractivity contribution in [2.24, 2.45) is 0 Å². The Hall–Kier alpha value is -3.06. The van der Waals surface area contributed by atoms with Crippen LogP contribution in [0.15, 0.2) is 59.4 Å². The summed E-state index contributed by atoms with van der Waals surface area (Å²) in [4.78, 5) is 29.1.